The van der Waals surface area contributed by atoms with E-state index in [9.17, 15) is 0 Å². The van der Waals surface area contributed by atoms with Crippen LogP contribution in [-0.4, -0.2) is 8.07 Å². The Kier molecular flexibility index (Phi) is 7.95. The zero-order chi connectivity index (χ0) is 39.7. The second-order valence-electron chi connectivity index (χ2n) is 19.2. The van der Waals surface area contributed by atoms with Crippen LogP contribution in [0.15, 0.2) is 121 Å². The van der Waals surface area contributed by atoms with Gasteiger partial charge in [0.15, 0.2) is 0 Å². The lowest BCUT2D eigenvalue weighted by Gasteiger charge is -2.34. The van der Waals surface area contributed by atoms with Crippen molar-refractivity contribution in [1.82, 2.24) is 0 Å². The monoisotopic (exact) mass is 768 g/mol. The molecule has 8 aromatic rings. The van der Waals surface area contributed by atoms with Gasteiger partial charge in [0, 0.05) is 10.8 Å². The summed E-state index contributed by atoms with van der Waals surface area (Å²) < 4.78 is 0. The predicted molar refractivity (Wildman–Crippen MR) is 254 cm³/mol. The molecule has 0 heterocycles. The lowest BCUT2D eigenvalue weighted by molar-refractivity contribution is 0.660. The first-order valence-electron chi connectivity index (χ1n) is 22.4. The molecule has 8 aromatic carbocycles. The van der Waals surface area contributed by atoms with Crippen molar-refractivity contribution in [1.29, 1.82) is 0 Å². The molecule has 1 fully saturated rings. The highest BCUT2D eigenvalue weighted by molar-refractivity contribution is 6.94. The predicted octanol–water partition coefficient (Wildman–Crippen LogP) is 15.9. The van der Waals surface area contributed by atoms with E-state index >= 15 is 0 Å². The summed E-state index contributed by atoms with van der Waals surface area (Å²) in [5.41, 5.74) is 18.7. The van der Waals surface area contributed by atoms with Crippen LogP contribution in [0.4, 0.5) is 0 Å². The van der Waals surface area contributed by atoms with Crippen LogP contribution < -0.4 is 5.19 Å². The van der Waals surface area contributed by atoms with E-state index in [2.05, 4.69) is 170 Å². The Morgan fingerprint density at radius 1 is 0.466 bits per heavy atom. The number of hydrogen-bond acceptors (Lipinski definition) is 0. The molecule has 3 aliphatic rings. The quantitative estimate of drug-likeness (QED) is 0.112. The minimum Gasteiger partial charge on any atom is -0.0675 e. The summed E-state index contributed by atoms with van der Waals surface area (Å²) in [6.45, 7) is 17.1. The first kappa shape index (κ1) is 36.1. The van der Waals surface area contributed by atoms with Crippen molar-refractivity contribution in [3.63, 3.8) is 0 Å². The third kappa shape index (κ3) is 4.80. The van der Waals surface area contributed by atoms with Crippen LogP contribution in [0, 0.1) is 0 Å². The lowest BCUT2D eigenvalue weighted by atomic mass is 9.79. The van der Waals surface area contributed by atoms with E-state index in [1.54, 1.807) is 10.8 Å². The number of hydrogen-bond donors (Lipinski definition) is 0. The molecule has 0 bridgehead atoms. The van der Waals surface area contributed by atoms with E-state index in [0.29, 0.717) is 5.92 Å². The van der Waals surface area contributed by atoms with E-state index in [4.69, 9.17) is 0 Å². The molecule has 0 N–H and O–H groups in total. The summed E-state index contributed by atoms with van der Waals surface area (Å²) >= 11 is 0. The van der Waals surface area contributed by atoms with Gasteiger partial charge in [-0.15, -0.1) is 0 Å². The Hall–Kier alpha value is -4.98. The van der Waals surface area contributed by atoms with E-state index in [1.165, 1.54) is 143 Å². The molecular formula is C57H56Si. The average Bonchev–Trinajstić information content (AvgIpc) is 3.93. The van der Waals surface area contributed by atoms with Gasteiger partial charge >= 0.3 is 0 Å². The standard InChI is InChI=1S/C57H56Si/c1-8-58(9-2,10-3)55-45-30-26-38-31-46(36-23-27-42-40-19-13-15-21-48(40)56(4,5)50(42)33-36)52(35-17-11-12-18-35)44-29-25-39(54(45)53(38)44)32-47(55)37-24-28-43-41-20-14-16-22-49(41)57(6,7)51(43)34-37/h13-16,19-35H,8-12,17-18H2,1-7H3. The molecule has 0 unspecified atom stereocenters. The molecule has 0 radical (unpaired) electrons. The zero-order valence-corrected chi connectivity index (χ0v) is 36.6. The zero-order valence-electron chi connectivity index (χ0n) is 35.6. The van der Waals surface area contributed by atoms with E-state index < -0.39 is 8.07 Å². The molecular weight excluding hydrogens is 713 g/mol. The molecule has 0 amide bonds. The van der Waals surface area contributed by atoms with Crippen LogP contribution in [0.5, 0.6) is 0 Å². The highest BCUT2D eigenvalue weighted by atomic mass is 28.3. The average molecular weight is 769 g/mol. The summed E-state index contributed by atoms with van der Waals surface area (Å²) in [6, 6.07) is 52.1. The molecule has 58 heavy (non-hydrogen) atoms. The summed E-state index contributed by atoms with van der Waals surface area (Å²) in [5, 5.41) is 10.5. The highest BCUT2D eigenvalue weighted by Gasteiger charge is 2.39. The van der Waals surface area contributed by atoms with Crippen molar-refractivity contribution < 1.29 is 0 Å². The van der Waals surface area contributed by atoms with Crippen LogP contribution in [0.1, 0.15) is 108 Å². The van der Waals surface area contributed by atoms with Crippen LogP contribution in [0.2, 0.25) is 18.1 Å². The maximum absolute atomic E-state index is 2.62. The molecule has 288 valence electrons. The molecule has 0 aliphatic heterocycles. The molecule has 0 atom stereocenters. The minimum atomic E-state index is -1.89. The van der Waals surface area contributed by atoms with Gasteiger partial charge in [-0.2, -0.15) is 0 Å². The van der Waals surface area contributed by atoms with Gasteiger partial charge in [0.05, 0.1) is 8.07 Å². The number of rotatable bonds is 7. The van der Waals surface area contributed by atoms with Crippen molar-refractivity contribution in [2.75, 3.05) is 0 Å². The first-order valence-corrected chi connectivity index (χ1v) is 25.0. The van der Waals surface area contributed by atoms with Gasteiger partial charge in [0.2, 0.25) is 0 Å². The molecule has 0 spiro atoms. The molecule has 1 heteroatoms. The van der Waals surface area contributed by atoms with Gasteiger partial charge < -0.3 is 0 Å². The van der Waals surface area contributed by atoms with Crippen LogP contribution in [0.25, 0.3) is 76.8 Å². The highest BCUT2D eigenvalue weighted by Crippen LogP contribution is 2.53. The van der Waals surface area contributed by atoms with Crippen molar-refractivity contribution in [3.05, 3.63) is 149 Å². The molecule has 0 saturated heterocycles. The third-order valence-corrected chi connectivity index (χ3v) is 21.7. The lowest BCUT2D eigenvalue weighted by Crippen LogP contribution is -2.47. The first-order chi connectivity index (χ1) is 28.1. The number of benzene rings is 8. The largest absolute Gasteiger partial charge is 0.0875 e. The topological polar surface area (TPSA) is 0 Å². The molecule has 1 saturated carbocycles. The fraction of sp³-hybridized carbons (Fsp3) is 0.298. The van der Waals surface area contributed by atoms with E-state index in [1.807, 2.05) is 0 Å². The maximum atomic E-state index is 2.62. The molecule has 11 rings (SSSR count). The van der Waals surface area contributed by atoms with Gasteiger partial charge in [-0.05, 0) is 153 Å². The van der Waals surface area contributed by atoms with Crippen LogP contribution in [-0.2, 0) is 10.8 Å². The third-order valence-electron chi connectivity index (χ3n) is 16.1. The second-order valence-corrected chi connectivity index (χ2v) is 24.4. The maximum Gasteiger partial charge on any atom is 0.0875 e. The normalized spacial score (nSPS) is 16.7. The van der Waals surface area contributed by atoms with Gasteiger partial charge in [-0.3, -0.25) is 0 Å². The summed E-state index contributed by atoms with van der Waals surface area (Å²) in [6.07, 6.45) is 5.22. The molecule has 0 nitrogen and oxygen atoms in total. The summed E-state index contributed by atoms with van der Waals surface area (Å²) in [7, 11) is -1.89. The van der Waals surface area contributed by atoms with E-state index in [0.717, 1.165) is 0 Å². The van der Waals surface area contributed by atoms with Crippen LogP contribution >= 0.6 is 0 Å². The van der Waals surface area contributed by atoms with Gasteiger partial charge in [-0.1, -0.05) is 177 Å². The molecule has 3 aliphatic carbocycles. The number of fused-ring (bicyclic) bond motifs is 6. The fourth-order valence-corrected chi connectivity index (χ4v) is 16.8. The van der Waals surface area contributed by atoms with E-state index in [-0.39, 0.29) is 10.8 Å². The summed E-state index contributed by atoms with van der Waals surface area (Å²) in [5.74, 6) is 0.586. The summed E-state index contributed by atoms with van der Waals surface area (Å²) in [4.78, 5) is 0. The van der Waals surface area contributed by atoms with Crippen molar-refractivity contribution in [2.45, 2.75) is 109 Å². The van der Waals surface area contributed by atoms with Crippen molar-refractivity contribution >= 4 is 45.6 Å². The Morgan fingerprint density at radius 2 is 0.931 bits per heavy atom. The van der Waals surface area contributed by atoms with Crippen molar-refractivity contribution in [3.8, 4) is 44.5 Å². The minimum absolute atomic E-state index is 0.0214. The van der Waals surface area contributed by atoms with Crippen molar-refractivity contribution in [2.24, 2.45) is 0 Å². The Bertz CT molecular complexity index is 2950. The Balaban J connectivity index is 1.17. The van der Waals surface area contributed by atoms with Gasteiger partial charge in [-0.25, -0.2) is 0 Å². The smallest absolute Gasteiger partial charge is 0.0675 e. The molecule has 0 aromatic heterocycles. The van der Waals surface area contributed by atoms with Crippen LogP contribution in [0.3, 0.4) is 0 Å². The SMILES string of the molecule is CC[Si](CC)(CC)c1c(-c2ccc3c(c2)C(C)(C)c2ccccc2-3)cc2ccc3c(C4CCCC4)c(-c4ccc5c(c4)C(C)(C)c4ccccc4-5)cc4ccc1c2c43. The Labute approximate surface area is 346 Å². The fourth-order valence-electron chi connectivity index (χ4n) is 12.7. The Morgan fingerprint density at radius 3 is 1.48 bits per heavy atom. The van der Waals surface area contributed by atoms with Gasteiger partial charge in [0.25, 0.3) is 0 Å². The second kappa shape index (κ2) is 12.8. The van der Waals surface area contributed by atoms with Gasteiger partial charge in [0.1, 0.15) is 0 Å².